The molecule has 0 saturated carbocycles. The lowest BCUT2D eigenvalue weighted by Gasteiger charge is -2.14. The summed E-state index contributed by atoms with van der Waals surface area (Å²) in [7, 11) is 0. The van der Waals surface area contributed by atoms with Crippen LogP contribution < -0.4 is 10.9 Å². The van der Waals surface area contributed by atoms with Crippen LogP contribution in [-0.2, 0) is 0 Å². The van der Waals surface area contributed by atoms with Gasteiger partial charge >= 0.3 is 0 Å². The van der Waals surface area contributed by atoms with E-state index in [-0.39, 0.29) is 5.56 Å². The maximum atomic E-state index is 12.3. The van der Waals surface area contributed by atoms with Crippen LogP contribution in [0.4, 0.5) is 5.95 Å². The fraction of sp³-hybridized carbons (Fsp3) is 0.333. The lowest BCUT2D eigenvalue weighted by Crippen LogP contribution is -2.26. The van der Waals surface area contributed by atoms with Crippen LogP contribution in [-0.4, -0.2) is 51.0 Å². The highest BCUT2D eigenvalue weighted by Crippen LogP contribution is 2.15. The highest BCUT2D eigenvalue weighted by atomic mass is 16.1. The quantitative estimate of drug-likeness (QED) is 0.740. The highest BCUT2D eigenvalue weighted by molar-refractivity contribution is 5.73. The zero-order chi connectivity index (χ0) is 17.1. The van der Waals surface area contributed by atoms with Crippen LogP contribution in [0.5, 0.6) is 0 Å². The van der Waals surface area contributed by atoms with Gasteiger partial charge in [-0.25, -0.2) is 9.97 Å². The monoisotopic (exact) mass is 336 g/mol. The van der Waals surface area contributed by atoms with Crippen LogP contribution in [0.1, 0.15) is 12.8 Å². The molecule has 1 saturated heterocycles. The maximum absolute atomic E-state index is 12.3. The molecule has 0 unspecified atom stereocenters. The van der Waals surface area contributed by atoms with Crippen LogP contribution in [0.25, 0.3) is 22.4 Å². The number of nitrogens with zero attached hydrogens (tertiary/aromatic N) is 4. The molecule has 0 amide bonds. The Morgan fingerprint density at radius 3 is 2.72 bits per heavy atom. The molecule has 1 aliphatic rings. The molecule has 2 N–H and O–H groups in total. The van der Waals surface area contributed by atoms with Gasteiger partial charge in [0.25, 0.3) is 5.56 Å². The third kappa shape index (κ3) is 3.51. The van der Waals surface area contributed by atoms with Gasteiger partial charge in [0.05, 0.1) is 6.20 Å². The number of fused-ring (bicyclic) bond motifs is 1. The fourth-order valence-corrected chi connectivity index (χ4v) is 3.10. The number of hydrogen-bond acceptors (Lipinski definition) is 6. The zero-order valence-electron chi connectivity index (χ0n) is 13.9. The number of H-pyrrole nitrogens is 1. The Labute approximate surface area is 145 Å². The van der Waals surface area contributed by atoms with E-state index in [9.17, 15) is 4.79 Å². The van der Waals surface area contributed by atoms with E-state index in [4.69, 9.17) is 0 Å². The average Bonchev–Trinajstić information content (AvgIpc) is 3.15. The maximum Gasteiger partial charge on any atom is 0.276 e. The third-order valence-corrected chi connectivity index (χ3v) is 4.41. The van der Waals surface area contributed by atoms with Crippen molar-refractivity contribution in [3.05, 3.63) is 46.9 Å². The van der Waals surface area contributed by atoms with Crippen molar-refractivity contribution in [2.45, 2.75) is 12.8 Å². The topological polar surface area (TPSA) is 86.8 Å². The van der Waals surface area contributed by atoms with Gasteiger partial charge in [-0.1, -0.05) is 30.3 Å². The first-order valence-electron chi connectivity index (χ1n) is 8.58. The van der Waals surface area contributed by atoms with Crippen molar-refractivity contribution in [2.24, 2.45) is 0 Å². The van der Waals surface area contributed by atoms with Crippen molar-refractivity contribution >= 4 is 17.1 Å². The largest absolute Gasteiger partial charge is 0.353 e. The molecule has 128 valence electrons. The molecule has 3 heterocycles. The first-order chi connectivity index (χ1) is 12.3. The van der Waals surface area contributed by atoms with Gasteiger partial charge in [-0.15, -0.1) is 0 Å². The number of nitrogens with one attached hydrogen (secondary N) is 2. The Morgan fingerprint density at radius 1 is 1.12 bits per heavy atom. The molecular weight excluding hydrogens is 316 g/mol. The van der Waals surface area contributed by atoms with Crippen LogP contribution in [0, 0.1) is 0 Å². The van der Waals surface area contributed by atoms with Crippen molar-refractivity contribution < 1.29 is 0 Å². The Bertz CT molecular complexity index is 918. The number of rotatable bonds is 5. The molecular formula is C18H20N6O. The molecule has 1 fully saturated rings. The minimum Gasteiger partial charge on any atom is -0.353 e. The minimum absolute atomic E-state index is 0.250. The van der Waals surface area contributed by atoms with Crippen molar-refractivity contribution in [2.75, 3.05) is 31.5 Å². The second kappa shape index (κ2) is 6.98. The molecule has 2 aromatic heterocycles. The molecule has 1 aliphatic heterocycles. The zero-order valence-corrected chi connectivity index (χ0v) is 13.9. The molecule has 0 atom stereocenters. The van der Waals surface area contributed by atoms with Crippen LogP contribution >= 0.6 is 0 Å². The van der Waals surface area contributed by atoms with Gasteiger partial charge < -0.3 is 15.2 Å². The molecule has 0 radical (unpaired) electrons. The van der Waals surface area contributed by atoms with Gasteiger partial charge in [0, 0.05) is 18.7 Å². The summed E-state index contributed by atoms with van der Waals surface area (Å²) in [5.41, 5.74) is 1.93. The molecule has 7 nitrogen and oxygen atoms in total. The second-order valence-corrected chi connectivity index (χ2v) is 6.18. The van der Waals surface area contributed by atoms with Crippen molar-refractivity contribution in [3.63, 3.8) is 0 Å². The number of benzene rings is 1. The molecule has 25 heavy (non-hydrogen) atoms. The lowest BCUT2D eigenvalue weighted by molar-refractivity contribution is 0.352. The first kappa shape index (κ1) is 15.7. The first-order valence-corrected chi connectivity index (χ1v) is 8.58. The van der Waals surface area contributed by atoms with E-state index in [2.05, 4.69) is 30.2 Å². The minimum atomic E-state index is -0.250. The predicted octanol–water partition coefficient (Wildman–Crippen LogP) is 1.89. The third-order valence-electron chi connectivity index (χ3n) is 4.41. The molecule has 4 rings (SSSR count). The lowest BCUT2D eigenvalue weighted by atomic mass is 10.1. The Hall–Kier alpha value is -2.80. The van der Waals surface area contributed by atoms with Gasteiger partial charge in [-0.05, 0) is 25.9 Å². The van der Waals surface area contributed by atoms with E-state index < -0.39 is 0 Å². The van der Waals surface area contributed by atoms with E-state index in [0.717, 1.165) is 18.7 Å². The summed E-state index contributed by atoms with van der Waals surface area (Å²) in [4.78, 5) is 30.7. The van der Waals surface area contributed by atoms with Crippen LogP contribution in [0.3, 0.4) is 0 Å². The van der Waals surface area contributed by atoms with Crippen molar-refractivity contribution in [1.82, 2.24) is 24.8 Å². The fourth-order valence-electron chi connectivity index (χ4n) is 3.10. The number of aromatic nitrogens is 4. The highest BCUT2D eigenvalue weighted by Gasteiger charge is 2.11. The van der Waals surface area contributed by atoms with E-state index in [1.165, 1.54) is 25.9 Å². The summed E-state index contributed by atoms with van der Waals surface area (Å²) in [5.74, 6) is 0.511. The Balaban J connectivity index is 1.53. The summed E-state index contributed by atoms with van der Waals surface area (Å²) >= 11 is 0. The van der Waals surface area contributed by atoms with E-state index in [1.807, 2.05) is 30.3 Å². The molecule has 0 spiro atoms. The molecule has 0 bridgehead atoms. The molecule has 0 aliphatic carbocycles. The smallest absolute Gasteiger partial charge is 0.276 e. The van der Waals surface area contributed by atoms with Gasteiger partial charge in [-0.3, -0.25) is 4.79 Å². The van der Waals surface area contributed by atoms with Gasteiger partial charge in [-0.2, -0.15) is 4.98 Å². The summed E-state index contributed by atoms with van der Waals surface area (Å²) in [6.07, 6.45) is 4.20. The Morgan fingerprint density at radius 2 is 1.92 bits per heavy atom. The average molecular weight is 336 g/mol. The van der Waals surface area contributed by atoms with Crippen LogP contribution in [0.2, 0.25) is 0 Å². The Kier molecular flexibility index (Phi) is 4.39. The summed E-state index contributed by atoms with van der Waals surface area (Å²) in [5, 5.41) is 3.22. The number of likely N-dealkylation sites (tertiary alicyclic amines) is 1. The number of anilines is 1. The van der Waals surface area contributed by atoms with E-state index in [1.54, 1.807) is 6.20 Å². The number of hydrogen-bond donors (Lipinski definition) is 2. The molecule has 7 heteroatoms. The summed E-state index contributed by atoms with van der Waals surface area (Å²) in [6, 6.07) is 9.38. The SMILES string of the molecule is O=c1[nH]c2nc(NCCN3CCCC3)ncc2nc1-c1ccccc1. The number of aromatic amines is 1. The summed E-state index contributed by atoms with van der Waals surface area (Å²) < 4.78 is 0. The second-order valence-electron chi connectivity index (χ2n) is 6.18. The van der Waals surface area contributed by atoms with Gasteiger partial charge in [0.1, 0.15) is 11.2 Å². The van der Waals surface area contributed by atoms with Crippen molar-refractivity contribution in [1.29, 1.82) is 0 Å². The molecule has 3 aromatic rings. The predicted molar refractivity (Wildman–Crippen MR) is 97.6 cm³/mol. The normalized spacial score (nSPS) is 14.9. The van der Waals surface area contributed by atoms with E-state index >= 15 is 0 Å². The summed E-state index contributed by atoms with van der Waals surface area (Å²) in [6.45, 7) is 4.09. The van der Waals surface area contributed by atoms with Gasteiger partial charge in [0.2, 0.25) is 5.95 Å². The van der Waals surface area contributed by atoms with Crippen LogP contribution in [0.15, 0.2) is 41.3 Å². The standard InChI is InChI=1S/C18H20N6O/c25-17-15(13-6-2-1-3-7-13)21-14-12-20-18(23-16(14)22-17)19-8-11-24-9-4-5-10-24/h1-3,6-7,12H,4-5,8-11H2,(H2,19,20,22,23,25). The van der Waals surface area contributed by atoms with Gasteiger partial charge in [0.15, 0.2) is 5.65 Å². The van der Waals surface area contributed by atoms with Crippen molar-refractivity contribution in [3.8, 4) is 11.3 Å². The molecule has 1 aromatic carbocycles. The van der Waals surface area contributed by atoms with E-state index in [0.29, 0.717) is 22.8 Å².